The Balaban J connectivity index is 0.948. The predicted octanol–water partition coefficient (Wildman–Crippen LogP) is 17.8. The van der Waals surface area contributed by atoms with E-state index < -0.39 is 5.41 Å². The summed E-state index contributed by atoms with van der Waals surface area (Å²) < 4.78 is 9.01. The highest BCUT2D eigenvalue weighted by atomic mass is 16.3. The standard InChI is InChI=1S/C67H42N2O/c1-3-17-44(18-4-1)49-25-15-26-54-56-41-45(35-40-64(56)70-66(49)54)43-33-36-47(37-34-43)68(48-38-39-53-52-23-10-14-31-61(52)69(63(53)42-48)46-19-5-2-6-20-46)62-32-16-30-60-65(62)55-24-9-13-29-59(55)67(60)57-27-11-7-21-50(57)51-22-8-12-28-58(51)67/h1-42H. The van der Waals surface area contributed by atoms with E-state index in [-0.39, 0.29) is 0 Å². The van der Waals surface area contributed by atoms with Crippen LogP contribution in [0, 0.1) is 0 Å². The molecule has 0 fully saturated rings. The minimum Gasteiger partial charge on any atom is -0.455 e. The van der Waals surface area contributed by atoms with Crippen molar-refractivity contribution in [2.24, 2.45) is 0 Å². The van der Waals surface area contributed by atoms with Gasteiger partial charge in [-0.05, 0) is 116 Å². The zero-order valence-corrected chi connectivity index (χ0v) is 38.1. The SMILES string of the molecule is c1ccc(-c2cccc3c2oc2ccc(-c4ccc(N(c5ccc6c7ccccc7n(-c7ccccc7)c6c5)c5cccc6c5-c5ccccc5C65c6ccccc6-c6ccccc65)cc4)cc23)cc1. The van der Waals surface area contributed by atoms with E-state index in [9.17, 15) is 0 Å². The first-order chi connectivity index (χ1) is 34.7. The Hall–Kier alpha value is -9.18. The molecule has 0 radical (unpaired) electrons. The minimum atomic E-state index is -0.466. The van der Waals surface area contributed by atoms with E-state index in [2.05, 4.69) is 264 Å². The Kier molecular flexibility index (Phi) is 8.28. The maximum Gasteiger partial charge on any atom is 0.143 e. The number of rotatable bonds is 6. The number of nitrogens with zero attached hydrogens (tertiary/aromatic N) is 2. The monoisotopic (exact) mass is 890 g/mol. The Morgan fingerprint density at radius 2 is 0.914 bits per heavy atom. The van der Waals surface area contributed by atoms with E-state index in [0.717, 1.165) is 72.5 Å². The van der Waals surface area contributed by atoms with Gasteiger partial charge in [0.1, 0.15) is 11.2 Å². The van der Waals surface area contributed by atoms with Crippen molar-refractivity contribution in [3.8, 4) is 50.2 Å². The second-order valence-corrected chi connectivity index (χ2v) is 18.7. The Morgan fingerprint density at radius 1 is 0.343 bits per heavy atom. The van der Waals surface area contributed by atoms with Crippen molar-refractivity contribution in [3.05, 3.63) is 277 Å². The van der Waals surface area contributed by atoms with Crippen LogP contribution >= 0.6 is 0 Å². The number of benzene rings is 11. The lowest BCUT2D eigenvalue weighted by Gasteiger charge is -2.32. The van der Waals surface area contributed by atoms with Gasteiger partial charge < -0.3 is 13.9 Å². The summed E-state index contributed by atoms with van der Waals surface area (Å²) in [5, 5.41) is 4.68. The van der Waals surface area contributed by atoms with E-state index in [1.54, 1.807) is 0 Å². The summed E-state index contributed by atoms with van der Waals surface area (Å²) in [4.78, 5) is 2.50. The average Bonchev–Trinajstić information content (AvgIpc) is 4.15. The molecule has 0 unspecified atom stereocenters. The van der Waals surface area contributed by atoms with Gasteiger partial charge in [-0.25, -0.2) is 0 Å². The normalized spacial score (nSPS) is 13.0. The van der Waals surface area contributed by atoms with Crippen LogP contribution in [0.25, 0.3) is 93.9 Å². The molecule has 0 atom stereocenters. The molecule has 0 amide bonds. The van der Waals surface area contributed by atoms with Gasteiger partial charge in [0, 0.05) is 49.7 Å². The third kappa shape index (κ3) is 5.40. The second kappa shape index (κ2) is 14.9. The second-order valence-electron chi connectivity index (χ2n) is 18.7. The lowest BCUT2D eigenvalue weighted by Crippen LogP contribution is -2.26. The molecule has 1 spiro atoms. The van der Waals surface area contributed by atoms with Crippen LogP contribution in [-0.2, 0) is 5.41 Å². The van der Waals surface area contributed by atoms with Crippen LogP contribution in [0.5, 0.6) is 0 Å². The number of hydrogen-bond donors (Lipinski definition) is 0. The van der Waals surface area contributed by atoms with Crippen molar-refractivity contribution in [3.63, 3.8) is 0 Å². The zero-order valence-electron chi connectivity index (χ0n) is 38.1. The van der Waals surface area contributed by atoms with Gasteiger partial charge in [-0.2, -0.15) is 0 Å². The highest BCUT2D eigenvalue weighted by Gasteiger charge is 2.52. The molecule has 0 saturated carbocycles. The first-order valence-corrected chi connectivity index (χ1v) is 24.2. The number of anilines is 3. The third-order valence-electron chi connectivity index (χ3n) is 15.2. The van der Waals surface area contributed by atoms with Crippen LogP contribution in [0.2, 0.25) is 0 Å². The highest BCUT2D eigenvalue weighted by molar-refractivity contribution is 6.12. The number of furan rings is 1. The van der Waals surface area contributed by atoms with Crippen LogP contribution in [0.4, 0.5) is 17.1 Å². The number of fused-ring (bicyclic) bond motifs is 16. The molecule has 70 heavy (non-hydrogen) atoms. The van der Waals surface area contributed by atoms with Crippen LogP contribution in [0.1, 0.15) is 22.3 Å². The van der Waals surface area contributed by atoms with Crippen LogP contribution in [0.15, 0.2) is 259 Å². The lowest BCUT2D eigenvalue weighted by molar-refractivity contribution is 0.670. The van der Waals surface area contributed by atoms with Crippen LogP contribution in [0.3, 0.4) is 0 Å². The molecule has 3 nitrogen and oxygen atoms in total. The van der Waals surface area contributed by atoms with E-state index in [4.69, 9.17) is 4.42 Å². The molecule has 13 aromatic rings. The first-order valence-electron chi connectivity index (χ1n) is 24.2. The smallest absolute Gasteiger partial charge is 0.143 e. The molecule has 0 bridgehead atoms. The number of para-hydroxylation sites is 3. The lowest BCUT2D eigenvalue weighted by atomic mass is 9.70. The maximum absolute atomic E-state index is 6.59. The summed E-state index contributed by atoms with van der Waals surface area (Å²) in [6.07, 6.45) is 0. The van der Waals surface area contributed by atoms with Crippen LogP contribution < -0.4 is 4.90 Å². The van der Waals surface area contributed by atoms with Crippen molar-refractivity contribution >= 4 is 60.8 Å². The van der Waals surface area contributed by atoms with E-state index >= 15 is 0 Å². The number of hydrogen-bond acceptors (Lipinski definition) is 2. The first kappa shape index (κ1) is 38.9. The van der Waals surface area contributed by atoms with Gasteiger partial charge in [0.25, 0.3) is 0 Å². The summed E-state index contributed by atoms with van der Waals surface area (Å²) in [5.74, 6) is 0. The highest BCUT2D eigenvalue weighted by Crippen LogP contribution is 2.64. The molecule has 0 aliphatic heterocycles. The van der Waals surface area contributed by atoms with Gasteiger partial charge in [0.2, 0.25) is 0 Å². The molecule has 0 saturated heterocycles. The molecule has 11 aromatic carbocycles. The fraction of sp³-hybridized carbons (Fsp3) is 0.0149. The van der Waals surface area contributed by atoms with Gasteiger partial charge in [0.15, 0.2) is 0 Å². The fourth-order valence-corrected chi connectivity index (χ4v) is 12.3. The van der Waals surface area contributed by atoms with E-state index in [1.165, 1.54) is 60.8 Å². The Morgan fingerprint density at radius 3 is 1.69 bits per heavy atom. The molecule has 2 aromatic heterocycles. The molecule has 3 heteroatoms. The molecular weight excluding hydrogens is 849 g/mol. The Bertz CT molecular complexity index is 4190. The molecule has 2 aliphatic carbocycles. The topological polar surface area (TPSA) is 21.3 Å². The minimum absolute atomic E-state index is 0.466. The van der Waals surface area contributed by atoms with Crippen LogP contribution in [-0.4, -0.2) is 4.57 Å². The van der Waals surface area contributed by atoms with Crippen molar-refractivity contribution in [2.45, 2.75) is 5.41 Å². The predicted molar refractivity (Wildman–Crippen MR) is 290 cm³/mol. The zero-order chi connectivity index (χ0) is 45.9. The van der Waals surface area contributed by atoms with E-state index in [1.807, 2.05) is 0 Å². The van der Waals surface area contributed by atoms with Gasteiger partial charge in [-0.15, -0.1) is 0 Å². The van der Waals surface area contributed by atoms with Crippen molar-refractivity contribution in [1.29, 1.82) is 0 Å². The largest absolute Gasteiger partial charge is 0.455 e. The summed E-state index contributed by atoms with van der Waals surface area (Å²) in [6, 6.07) is 93.5. The average molecular weight is 891 g/mol. The molecule has 15 rings (SSSR count). The third-order valence-corrected chi connectivity index (χ3v) is 15.2. The molecule has 326 valence electrons. The van der Waals surface area contributed by atoms with Crippen molar-refractivity contribution in [1.82, 2.24) is 4.57 Å². The quantitative estimate of drug-likeness (QED) is 0.166. The fourth-order valence-electron chi connectivity index (χ4n) is 12.3. The molecule has 2 aliphatic rings. The van der Waals surface area contributed by atoms with Gasteiger partial charge >= 0.3 is 0 Å². The molecule has 0 N–H and O–H groups in total. The molecular formula is C67H42N2O. The summed E-state index contributed by atoms with van der Waals surface area (Å²) >= 11 is 0. The van der Waals surface area contributed by atoms with Gasteiger partial charge in [-0.3, -0.25) is 0 Å². The van der Waals surface area contributed by atoms with Gasteiger partial charge in [0.05, 0.1) is 22.1 Å². The van der Waals surface area contributed by atoms with Crippen molar-refractivity contribution in [2.75, 3.05) is 4.90 Å². The van der Waals surface area contributed by atoms with Crippen molar-refractivity contribution < 1.29 is 4.42 Å². The molecule has 2 heterocycles. The van der Waals surface area contributed by atoms with E-state index in [0.29, 0.717) is 0 Å². The summed E-state index contributed by atoms with van der Waals surface area (Å²) in [5.41, 5.74) is 23.1. The number of aromatic nitrogens is 1. The van der Waals surface area contributed by atoms with Gasteiger partial charge in [-0.1, -0.05) is 194 Å². The Labute approximate surface area is 405 Å². The maximum atomic E-state index is 6.59. The summed E-state index contributed by atoms with van der Waals surface area (Å²) in [6.45, 7) is 0. The summed E-state index contributed by atoms with van der Waals surface area (Å²) in [7, 11) is 0.